The van der Waals surface area contributed by atoms with Gasteiger partial charge in [0.25, 0.3) is 0 Å². The Hall–Kier alpha value is -1.32. The Morgan fingerprint density at radius 2 is 1.95 bits per heavy atom. The molecule has 1 unspecified atom stereocenters. The van der Waals surface area contributed by atoms with E-state index in [2.05, 4.69) is 58.5 Å². The van der Waals surface area contributed by atoms with Gasteiger partial charge in [-0.3, -0.25) is 0 Å². The normalized spacial score (nSPS) is 12.2. The summed E-state index contributed by atoms with van der Waals surface area (Å²) in [5, 5.41) is 3.40. The average molecular weight is 334 g/mol. The molecular weight excluding hydrogens is 314 g/mol. The van der Waals surface area contributed by atoms with Crippen LogP contribution < -0.4 is 10.1 Å². The van der Waals surface area contributed by atoms with E-state index in [1.165, 1.54) is 16.7 Å². The molecule has 0 saturated carbocycles. The molecule has 1 atom stereocenters. The summed E-state index contributed by atoms with van der Waals surface area (Å²) in [4.78, 5) is 0. The quantitative estimate of drug-likeness (QED) is 0.882. The van der Waals surface area contributed by atoms with E-state index in [-0.39, 0.29) is 6.04 Å². The number of likely N-dealkylation sites (N-methyl/N-ethyl adjacent to an activating group) is 1. The third-order valence-corrected chi connectivity index (χ3v) is 4.33. The molecule has 0 heterocycles. The smallest absolute Gasteiger partial charge is 0.119 e. The predicted molar refractivity (Wildman–Crippen MR) is 87.4 cm³/mol. The van der Waals surface area contributed by atoms with Crippen molar-refractivity contribution in [1.29, 1.82) is 0 Å². The van der Waals surface area contributed by atoms with Gasteiger partial charge in [-0.2, -0.15) is 0 Å². The van der Waals surface area contributed by atoms with Gasteiger partial charge in [-0.15, -0.1) is 0 Å². The van der Waals surface area contributed by atoms with Crippen LogP contribution in [0, 0.1) is 6.92 Å². The second kappa shape index (κ2) is 6.91. The summed E-state index contributed by atoms with van der Waals surface area (Å²) in [6.45, 7) is 2.16. The maximum atomic E-state index is 5.33. The first kappa shape index (κ1) is 15.1. The van der Waals surface area contributed by atoms with Crippen LogP contribution in [0.2, 0.25) is 0 Å². The van der Waals surface area contributed by atoms with Gasteiger partial charge >= 0.3 is 0 Å². The van der Waals surface area contributed by atoms with Crippen LogP contribution in [0.5, 0.6) is 5.75 Å². The molecule has 2 rings (SSSR count). The highest BCUT2D eigenvalue weighted by atomic mass is 79.9. The summed E-state index contributed by atoms with van der Waals surface area (Å²) in [7, 11) is 3.69. The molecule has 0 amide bonds. The van der Waals surface area contributed by atoms with E-state index in [0.717, 1.165) is 16.6 Å². The highest BCUT2D eigenvalue weighted by molar-refractivity contribution is 9.10. The van der Waals surface area contributed by atoms with E-state index in [0.29, 0.717) is 0 Å². The number of benzene rings is 2. The Morgan fingerprint density at radius 3 is 2.60 bits per heavy atom. The molecule has 2 aromatic rings. The third-order valence-electron chi connectivity index (χ3n) is 3.61. The molecule has 20 heavy (non-hydrogen) atoms. The summed E-state index contributed by atoms with van der Waals surface area (Å²) in [5.74, 6) is 0.883. The van der Waals surface area contributed by atoms with E-state index >= 15 is 0 Å². The van der Waals surface area contributed by atoms with Crippen LogP contribution in [0.4, 0.5) is 0 Å². The zero-order chi connectivity index (χ0) is 14.5. The molecule has 0 aromatic heterocycles. The monoisotopic (exact) mass is 333 g/mol. The van der Waals surface area contributed by atoms with E-state index in [9.17, 15) is 0 Å². The van der Waals surface area contributed by atoms with Crippen molar-refractivity contribution in [3.8, 4) is 5.75 Å². The molecule has 0 saturated heterocycles. The summed E-state index contributed by atoms with van der Waals surface area (Å²) in [5.41, 5.74) is 3.91. The van der Waals surface area contributed by atoms with Gasteiger partial charge in [0.15, 0.2) is 0 Å². The van der Waals surface area contributed by atoms with Gasteiger partial charge in [0.05, 0.1) is 7.11 Å². The molecule has 0 aliphatic carbocycles. The minimum absolute atomic E-state index is 0.251. The van der Waals surface area contributed by atoms with Gasteiger partial charge in [-0.25, -0.2) is 0 Å². The predicted octanol–water partition coefficient (Wildman–Crippen LogP) is 4.27. The number of rotatable bonds is 5. The highest BCUT2D eigenvalue weighted by Gasteiger charge is 2.15. The lowest BCUT2D eigenvalue weighted by molar-refractivity contribution is 0.413. The number of hydrogen-bond acceptors (Lipinski definition) is 2. The van der Waals surface area contributed by atoms with Crippen LogP contribution in [0.25, 0.3) is 0 Å². The fourth-order valence-corrected chi connectivity index (χ4v) is 2.87. The molecule has 2 aromatic carbocycles. The topological polar surface area (TPSA) is 21.3 Å². The lowest BCUT2D eigenvalue weighted by Gasteiger charge is -2.20. The van der Waals surface area contributed by atoms with Crippen LogP contribution in [0.3, 0.4) is 0 Å². The van der Waals surface area contributed by atoms with E-state index in [4.69, 9.17) is 4.74 Å². The van der Waals surface area contributed by atoms with Crippen LogP contribution in [-0.4, -0.2) is 14.2 Å². The largest absolute Gasteiger partial charge is 0.497 e. The zero-order valence-corrected chi connectivity index (χ0v) is 13.7. The Labute approximate surface area is 129 Å². The first-order valence-corrected chi connectivity index (χ1v) is 7.50. The van der Waals surface area contributed by atoms with Gasteiger partial charge in [-0.1, -0.05) is 40.2 Å². The number of nitrogens with one attached hydrogen (secondary N) is 1. The van der Waals surface area contributed by atoms with Crippen molar-refractivity contribution in [1.82, 2.24) is 5.32 Å². The standard InChI is InChI=1S/C17H20BrNO/c1-12-6-4-5-7-13(12)10-17(19-2)15-11-14(20-3)8-9-16(15)18/h4-9,11,17,19H,10H2,1-3H3. The summed E-state index contributed by atoms with van der Waals surface area (Å²) < 4.78 is 6.43. The number of halogens is 1. The van der Waals surface area contributed by atoms with Gasteiger partial charge in [0, 0.05) is 10.5 Å². The molecule has 0 spiro atoms. The van der Waals surface area contributed by atoms with Gasteiger partial charge in [-0.05, 0) is 55.3 Å². The molecule has 3 heteroatoms. The average Bonchev–Trinajstić information content (AvgIpc) is 2.47. The minimum atomic E-state index is 0.251. The lowest BCUT2D eigenvalue weighted by Crippen LogP contribution is -2.19. The number of aryl methyl sites for hydroxylation is 1. The van der Waals surface area contributed by atoms with Crippen molar-refractivity contribution in [2.45, 2.75) is 19.4 Å². The molecule has 0 radical (unpaired) electrons. The van der Waals surface area contributed by atoms with Crippen LogP contribution in [-0.2, 0) is 6.42 Å². The number of hydrogen-bond donors (Lipinski definition) is 1. The summed E-state index contributed by atoms with van der Waals surface area (Å²) in [6.07, 6.45) is 0.953. The Morgan fingerprint density at radius 1 is 1.20 bits per heavy atom. The second-order valence-corrected chi connectivity index (χ2v) is 5.71. The van der Waals surface area contributed by atoms with Crippen molar-refractivity contribution in [2.24, 2.45) is 0 Å². The number of ether oxygens (including phenoxy) is 1. The fraction of sp³-hybridized carbons (Fsp3) is 0.294. The van der Waals surface area contributed by atoms with Gasteiger partial charge in [0.1, 0.15) is 5.75 Å². The molecule has 1 N–H and O–H groups in total. The maximum Gasteiger partial charge on any atom is 0.119 e. The molecular formula is C17H20BrNO. The zero-order valence-electron chi connectivity index (χ0n) is 12.1. The SMILES string of the molecule is CNC(Cc1ccccc1C)c1cc(OC)ccc1Br. The van der Waals surface area contributed by atoms with Gasteiger partial charge in [0.2, 0.25) is 0 Å². The van der Waals surface area contributed by atoms with E-state index in [1.54, 1.807) is 7.11 Å². The molecule has 2 nitrogen and oxygen atoms in total. The highest BCUT2D eigenvalue weighted by Crippen LogP contribution is 2.30. The van der Waals surface area contributed by atoms with E-state index < -0.39 is 0 Å². The van der Waals surface area contributed by atoms with Crippen molar-refractivity contribution < 1.29 is 4.74 Å². The van der Waals surface area contributed by atoms with Crippen molar-refractivity contribution in [2.75, 3.05) is 14.2 Å². The first-order valence-electron chi connectivity index (χ1n) is 6.71. The number of methoxy groups -OCH3 is 1. The first-order chi connectivity index (χ1) is 9.65. The molecule has 0 fully saturated rings. The summed E-state index contributed by atoms with van der Waals surface area (Å²) in [6, 6.07) is 14.9. The van der Waals surface area contributed by atoms with Crippen LogP contribution in [0.1, 0.15) is 22.7 Å². The van der Waals surface area contributed by atoms with E-state index in [1.807, 2.05) is 19.2 Å². The van der Waals surface area contributed by atoms with Crippen molar-refractivity contribution >= 4 is 15.9 Å². The van der Waals surface area contributed by atoms with Crippen molar-refractivity contribution in [3.05, 3.63) is 63.6 Å². The molecule has 0 bridgehead atoms. The lowest BCUT2D eigenvalue weighted by atomic mass is 9.96. The Balaban J connectivity index is 2.31. The van der Waals surface area contributed by atoms with Crippen LogP contribution in [0.15, 0.2) is 46.9 Å². The molecule has 0 aliphatic heterocycles. The maximum absolute atomic E-state index is 5.33. The molecule has 106 valence electrons. The van der Waals surface area contributed by atoms with Crippen molar-refractivity contribution in [3.63, 3.8) is 0 Å². The third kappa shape index (κ3) is 3.41. The second-order valence-electron chi connectivity index (χ2n) is 4.86. The summed E-state index contributed by atoms with van der Waals surface area (Å²) >= 11 is 3.64. The molecule has 0 aliphatic rings. The fourth-order valence-electron chi connectivity index (χ4n) is 2.34. The Bertz CT molecular complexity index is 583. The van der Waals surface area contributed by atoms with Crippen LogP contribution >= 0.6 is 15.9 Å². The minimum Gasteiger partial charge on any atom is -0.497 e. The Kier molecular flexibility index (Phi) is 5.21. The van der Waals surface area contributed by atoms with Gasteiger partial charge < -0.3 is 10.1 Å².